The summed E-state index contributed by atoms with van der Waals surface area (Å²) in [6, 6.07) is 4.31. The molecule has 20 heavy (non-hydrogen) atoms. The number of hydrogen-bond donors (Lipinski definition) is 1. The molecule has 0 bridgehead atoms. The molecule has 0 aliphatic rings. The highest BCUT2D eigenvalue weighted by Gasteiger charge is 2.07. The van der Waals surface area contributed by atoms with Gasteiger partial charge in [-0.25, -0.2) is 4.98 Å². The van der Waals surface area contributed by atoms with Crippen LogP contribution in [0.25, 0.3) is 0 Å². The first-order valence-corrected chi connectivity index (χ1v) is 8.73. The van der Waals surface area contributed by atoms with Crippen LogP contribution >= 0.6 is 22.7 Å². The van der Waals surface area contributed by atoms with Crippen LogP contribution in [0.4, 0.5) is 5.13 Å². The molecule has 2 aromatic rings. The molecule has 110 valence electrons. The van der Waals surface area contributed by atoms with Gasteiger partial charge in [0.15, 0.2) is 5.13 Å². The topological polar surface area (TPSA) is 28.2 Å². The van der Waals surface area contributed by atoms with Gasteiger partial charge >= 0.3 is 0 Å². The Hall–Kier alpha value is -0.910. The highest BCUT2D eigenvalue weighted by Crippen LogP contribution is 2.22. The molecule has 2 heterocycles. The number of nitrogens with zero attached hydrogens (tertiary/aromatic N) is 2. The molecule has 0 atom stereocenters. The van der Waals surface area contributed by atoms with Crippen LogP contribution in [0.3, 0.4) is 0 Å². The van der Waals surface area contributed by atoms with Gasteiger partial charge in [-0.1, -0.05) is 19.9 Å². The second-order valence-corrected chi connectivity index (χ2v) is 7.51. The second kappa shape index (κ2) is 7.76. The molecular weight excluding hydrogens is 286 g/mol. The number of hydrogen-bond acceptors (Lipinski definition) is 5. The van der Waals surface area contributed by atoms with Gasteiger partial charge in [-0.05, 0) is 30.3 Å². The van der Waals surface area contributed by atoms with Crippen LogP contribution in [-0.4, -0.2) is 25.1 Å². The molecule has 0 spiro atoms. The molecule has 2 rings (SSSR count). The first-order valence-electron chi connectivity index (χ1n) is 7.04. The smallest absolute Gasteiger partial charge is 0.185 e. The molecule has 0 unspecified atom stereocenters. The van der Waals surface area contributed by atoms with Crippen molar-refractivity contribution in [3.63, 3.8) is 0 Å². The molecule has 0 aliphatic carbocycles. The number of thiophene rings is 1. The number of rotatable bonds is 8. The Labute approximate surface area is 129 Å². The lowest BCUT2D eigenvalue weighted by Gasteiger charge is -2.14. The zero-order valence-electron chi connectivity index (χ0n) is 12.4. The lowest BCUT2D eigenvalue weighted by Crippen LogP contribution is -2.19. The Morgan fingerprint density at radius 1 is 1.35 bits per heavy atom. The highest BCUT2D eigenvalue weighted by molar-refractivity contribution is 7.15. The molecular formula is C15H23N3S2. The van der Waals surface area contributed by atoms with Crippen molar-refractivity contribution in [2.45, 2.75) is 26.8 Å². The zero-order valence-corrected chi connectivity index (χ0v) is 14.1. The van der Waals surface area contributed by atoms with Crippen molar-refractivity contribution in [3.05, 3.63) is 33.5 Å². The van der Waals surface area contributed by atoms with E-state index < -0.39 is 0 Å². The average molecular weight is 310 g/mol. The number of thiazole rings is 1. The number of aromatic nitrogens is 1. The Morgan fingerprint density at radius 2 is 2.20 bits per heavy atom. The van der Waals surface area contributed by atoms with Crippen molar-refractivity contribution < 1.29 is 0 Å². The van der Waals surface area contributed by atoms with E-state index in [1.54, 1.807) is 11.3 Å². The summed E-state index contributed by atoms with van der Waals surface area (Å²) in [5.74, 6) is 0.691. The van der Waals surface area contributed by atoms with Crippen LogP contribution in [0.15, 0.2) is 23.7 Å². The maximum absolute atomic E-state index is 4.52. The summed E-state index contributed by atoms with van der Waals surface area (Å²) in [5, 5.41) is 6.71. The second-order valence-electron chi connectivity index (χ2n) is 5.38. The molecule has 0 aromatic carbocycles. The van der Waals surface area contributed by atoms with Gasteiger partial charge in [0.25, 0.3) is 0 Å². The van der Waals surface area contributed by atoms with E-state index in [9.17, 15) is 0 Å². The van der Waals surface area contributed by atoms with E-state index in [1.807, 2.05) is 17.5 Å². The van der Waals surface area contributed by atoms with Crippen LogP contribution in [0.1, 0.15) is 23.6 Å². The van der Waals surface area contributed by atoms with E-state index in [-0.39, 0.29) is 0 Å². The van der Waals surface area contributed by atoms with Gasteiger partial charge in [-0.3, -0.25) is 0 Å². The first-order chi connectivity index (χ1) is 9.65. The largest absolute Gasteiger partial charge is 0.351 e. The van der Waals surface area contributed by atoms with Gasteiger partial charge in [-0.15, -0.1) is 22.7 Å². The highest BCUT2D eigenvalue weighted by atomic mass is 32.1. The van der Waals surface area contributed by atoms with Crippen LogP contribution in [0.5, 0.6) is 0 Å². The maximum Gasteiger partial charge on any atom is 0.185 e. The fraction of sp³-hybridized carbons (Fsp3) is 0.533. The average Bonchev–Trinajstić information content (AvgIpc) is 3.06. The summed E-state index contributed by atoms with van der Waals surface area (Å²) >= 11 is 3.61. The van der Waals surface area contributed by atoms with Crippen LogP contribution in [0, 0.1) is 5.92 Å². The van der Waals surface area contributed by atoms with Crippen molar-refractivity contribution in [1.82, 2.24) is 10.3 Å². The van der Waals surface area contributed by atoms with Crippen molar-refractivity contribution in [2.75, 3.05) is 25.0 Å². The number of anilines is 1. The van der Waals surface area contributed by atoms with Gasteiger partial charge in [0.1, 0.15) is 0 Å². The Kier molecular flexibility index (Phi) is 6.01. The van der Waals surface area contributed by atoms with Gasteiger partial charge in [-0.2, -0.15) is 0 Å². The molecule has 0 saturated carbocycles. The fourth-order valence-corrected chi connectivity index (χ4v) is 3.43. The normalized spacial score (nSPS) is 11.2. The molecule has 0 saturated heterocycles. The zero-order chi connectivity index (χ0) is 14.4. The molecule has 2 aromatic heterocycles. The minimum atomic E-state index is 0.691. The fourth-order valence-electron chi connectivity index (χ4n) is 1.87. The van der Waals surface area contributed by atoms with Gasteiger partial charge in [0, 0.05) is 36.1 Å². The monoisotopic (exact) mass is 309 g/mol. The molecule has 0 fully saturated rings. The quantitative estimate of drug-likeness (QED) is 0.807. The summed E-state index contributed by atoms with van der Waals surface area (Å²) in [4.78, 5) is 9.51. The molecule has 0 amide bonds. The third-order valence-electron chi connectivity index (χ3n) is 2.99. The van der Waals surface area contributed by atoms with E-state index in [2.05, 4.69) is 53.6 Å². The third-order valence-corrected chi connectivity index (χ3v) is 5.04. The Bertz CT molecular complexity index is 491. The summed E-state index contributed by atoms with van der Waals surface area (Å²) in [7, 11) is 2.12. The summed E-state index contributed by atoms with van der Waals surface area (Å²) in [5.41, 5.74) is 0. The molecule has 0 aliphatic heterocycles. The van der Waals surface area contributed by atoms with E-state index in [4.69, 9.17) is 0 Å². The van der Waals surface area contributed by atoms with E-state index >= 15 is 0 Å². The maximum atomic E-state index is 4.52. The lowest BCUT2D eigenvalue weighted by molar-refractivity contribution is 0.554. The van der Waals surface area contributed by atoms with Crippen molar-refractivity contribution in [2.24, 2.45) is 5.92 Å². The van der Waals surface area contributed by atoms with Crippen LogP contribution in [0.2, 0.25) is 0 Å². The minimum Gasteiger partial charge on any atom is -0.351 e. The van der Waals surface area contributed by atoms with Gasteiger partial charge < -0.3 is 10.2 Å². The van der Waals surface area contributed by atoms with Crippen molar-refractivity contribution in [3.8, 4) is 0 Å². The lowest BCUT2D eigenvalue weighted by atomic mass is 10.2. The minimum absolute atomic E-state index is 0.691. The molecule has 3 nitrogen and oxygen atoms in total. The van der Waals surface area contributed by atoms with E-state index in [0.717, 1.165) is 31.2 Å². The summed E-state index contributed by atoms with van der Waals surface area (Å²) < 4.78 is 0. The van der Waals surface area contributed by atoms with Crippen molar-refractivity contribution in [1.29, 1.82) is 0 Å². The molecule has 1 N–H and O–H groups in total. The number of likely N-dealkylation sites (N-methyl/N-ethyl adjacent to an activating group) is 1. The van der Waals surface area contributed by atoms with Gasteiger partial charge in [0.05, 0.1) is 0 Å². The standard InChI is InChI=1S/C15H23N3S2/c1-12(2)9-16-10-14-11-17-15(20-14)18(3)7-6-13-5-4-8-19-13/h4-5,8,11-12,16H,6-7,9-10H2,1-3H3. The number of nitrogens with one attached hydrogen (secondary N) is 1. The van der Waals surface area contributed by atoms with Gasteiger partial charge in [0.2, 0.25) is 0 Å². The van der Waals surface area contributed by atoms with E-state index in [0.29, 0.717) is 5.92 Å². The first kappa shape index (κ1) is 15.5. The van der Waals surface area contributed by atoms with Crippen LogP contribution in [-0.2, 0) is 13.0 Å². The predicted molar refractivity (Wildman–Crippen MR) is 90.0 cm³/mol. The Balaban J connectivity index is 1.78. The summed E-state index contributed by atoms with van der Waals surface area (Å²) in [6.07, 6.45) is 3.09. The van der Waals surface area contributed by atoms with Crippen LogP contribution < -0.4 is 10.2 Å². The van der Waals surface area contributed by atoms with E-state index in [1.165, 1.54) is 9.75 Å². The molecule has 5 heteroatoms. The summed E-state index contributed by atoms with van der Waals surface area (Å²) in [6.45, 7) is 7.45. The van der Waals surface area contributed by atoms with Crippen molar-refractivity contribution >= 4 is 27.8 Å². The molecule has 0 radical (unpaired) electrons. The SMILES string of the molecule is CC(C)CNCc1cnc(N(C)CCc2cccs2)s1. The Morgan fingerprint density at radius 3 is 2.90 bits per heavy atom. The third kappa shape index (κ3) is 4.89. The predicted octanol–water partition coefficient (Wildman–Crippen LogP) is 3.63.